The number of amides is 1. The van der Waals surface area contributed by atoms with Gasteiger partial charge in [-0.15, -0.1) is 0 Å². The fourth-order valence-corrected chi connectivity index (χ4v) is 4.58. The third-order valence-electron chi connectivity index (χ3n) is 6.06. The molecular weight excluding hydrogens is 471 g/mol. The van der Waals surface area contributed by atoms with Crippen LogP contribution in [0.15, 0.2) is 91.3 Å². The van der Waals surface area contributed by atoms with Crippen molar-refractivity contribution in [1.82, 2.24) is 4.57 Å². The lowest BCUT2D eigenvalue weighted by molar-refractivity contribution is -0.136. The maximum atomic E-state index is 13.5. The summed E-state index contributed by atoms with van der Waals surface area (Å²) in [4.78, 5) is 28.1. The van der Waals surface area contributed by atoms with E-state index in [2.05, 4.69) is 0 Å². The van der Waals surface area contributed by atoms with Gasteiger partial charge in [0.25, 0.3) is 5.91 Å². The Morgan fingerprint density at radius 2 is 1.53 bits per heavy atom. The number of nitrogens with zero attached hydrogens (tertiary/aromatic N) is 2. The van der Waals surface area contributed by atoms with Crippen LogP contribution in [-0.4, -0.2) is 21.4 Å². The molecule has 0 unspecified atom stereocenters. The van der Waals surface area contributed by atoms with E-state index in [1.54, 1.807) is 42.5 Å². The molecule has 0 fully saturated rings. The second-order valence-corrected chi connectivity index (χ2v) is 9.15. The van der Waals surface area contributed by atoms with Gasteiger partial charge in [-0.25, -0.2) is 0 Å². The van der Waals surface area contributed by atoms with Crippen molar-refractivity contribution in [3.63, 3.8) is 0 Å². The second kappa shape index (κ2) is 8.76. The number of ketones is 1. The molecule has 34 heavy (non-hydrogen) atoms. The molecule has 1 amide bonds. The van der Waals surface area contributed by atoms with Crippen molar-refractivity contribution in [1.29, 1.82) is 0 Å². The summed E-state index contributed by atoms with van der Waals surface area (Å²) in [5, 5.41) is 12.5. The van der Waals surface area contributed by atoms with Crippen LogP contribution in [0.25, 0.3) is 5.69 Å². The van der Waals surface area contributed by atoms with Crippen LogP contribution in [0.3, 0.4) is 0 Å². The zero-order chi connectivity index (χ0) is 23.9. The van der Waals surface area contributed by atoms with Crippen LogP contribution < -0.4 is 4.90 Å². The summed E-state index contributed by atoms with van der Waals surface area (Å²) in [6.07, 6.45) is 3.43. The van der Waals surface area contributed by atoms with Gasteiger partial charge in [0, 0.05) is 39.3 Å². The molecule has 1 aliphatic rings. The molecule has 1 atom stereocenters. The Morgan fingerprint density at radius 3 is 2.21 bits per heavy atom. The number of aliphatic hydroxyl groups is 1. The van der Waals surface area contributed by atoms with Crippen molar-refractivity contribution in [3.05, 3.63) is 118 Å². The molecule has 1 aliphatic heterocycles. The third kappa shape index (κ3) is 4.03. The highest BCUT2D eigenvalue weighted by molar-refractivity contribution is 6.31. The van der Waals surface area contributed by atoms with E-state index < -0.39 is 11.5 Å². The van der Waals surface area contributed by atoms with Gasteiger partial charge in [-0.05, 0) is 72.3 Å². The number of rotatable bonds is 6. The zero-order valence-corrected chi connectivity index (χ0v) is 19.5. The minimum Gasteiger partial charge on any atom is -0.375 e. The minimum atomic E-state index is -2.01. The van der Waals surface area contributed by atoms with Crippen LogP contribution in [0.5, 0.6) is 0 Å². The number of hydrogen-bond donors (Lipinski definition) is 1. The molecular formula is C27H20Cl2N2O3. The maximum Gasteiger partial charge on any atom is 0.264 e. The number of Topliss-reactive ketones (excluding diaryl/α,β-unsaturated/α-hetero) is 1. The van der Waals surface area contributed by atoms with Crippen LogP contribution in [-0.2, 0) is 16.9 Å². The summed E-state index contributed by atoms with van der Waals surface area (Å²) >= 11 is 12.2. The Balaban J connectivity index is 1.44. The van der Waals surface area contributed by atoms with E-state index >= 15 is 0 Å². The van der Waals surface area contributed by atoms with E-state index in [1.165, 1.54) is 4.90 Å². The SMILES string of the molecule is O=C(C[C@]1(O)C(=O)N(Cc2ccc(Cl)cc2)c2ccc(Cl)cc21)c1ccc(-n2cccc2)cc1. The molecule has 0 saturated carbocycles. The Hall–Kier alpha value is -3.38. The normalized spacial score (nSPS) is 17.1. The molecule has 5 nitrogen and oxygen atoms in total. The fraction of sp³-hybridized carbons (Fsp3) is 0.111. The Bertz CT molecular complexity index is 1370. The van der Waals surface area contributed by atoms with Crippen LogP contribution in [0.2, 0.25) is 10.0 Å². The highest BCUT2D eigenvalue weighted by Crippen LogP contribution is 2.44. The molecule has 0 bridgehead atoms. The number of anilines is 1. The van der Waals surface area contributed by atoms with Crippen molar-refractivity contribution in [2.24, 2.45) is 0 Å². The van der Waals surface area contributed by atoms with Gasteiger partial charge in [-0.1, -0.05) is 35.3 Å². The summed E-state index contributed by atoms with van der Waals surface area (Å²) in [5.41, 5.74) is 1.01. The second-order valence-electron chi connectivity index (χ2n) is 8.28. The summed E-state index contributed by atoms with van der Waals surface area (Å²) < 4.78 is 1.93. The van der Waals surface area contributed by atoms with E-state index in [4.69, 9.17) is 23.2 Å². The lowest BCUT2D eigenvalue weighted by atomic mass is 9.88. The third-order valence-corrected chi connectivity index (χ3v) is 6.54. The lowest BCUT2D eigenvalue weighted by Gasteiger charge is -2.23. The topological polar surface area (TPSA) is 62.5 Å². The van der Waals surface area contributed by atoms with Gasteiger partial charge >= 0.3 is 0 Å². The van der Waals surface area contributed by atoms with Crippen LogP contribution in [0.4, 0.5) is 5.69 Å². The van der Waals surface area contributed by atoms with Gasteiger partial charge in [0.15, 0.2) is 11.4 Å². The number of benzene rings is 3. The standard InChI is InChI=1S/C27H20Cl2N2O3/c28-20-7-3-18(4-8-20)17-31-24-12-9-21(29)15-23(24)27(34,26(31)33)16-25(32)19-5-10-22(11-6-19)30-13-1-2-14-30/h1-15,34H,16-17H2/t27-/m1/s1. The van der Waals surface area contributed by atoms with Crippen molar-refractivity contribution >= 4 is 40.6 Å². The average molecular weight is 491 g/mol. The summed E-state index contributed by atoms with van der Waals surface area (Å²) in [7, 11) is 0. The van der Waals surface area contributed by atoms with Gasteiger partial charge in [-0.2, -0.15) is 0 Å². The molecule has 2 heterocycles. The minimum absolute atomic E-state index is 0.229. The van der Waals surface area contributed by atoms with Gasteiger partial charge < -0.3 is 14.6 Å². The number of carbonyl (C=O) groups excluding carboxylic acids is 2. The Kier molecular flexibility index (Phi) is 5.78. The van der Waals surface area contributed by atoms with Gasteiger partial charge in [-0.3, -0.25) is 9.59 Å². The molecule has 3 aromatic carbocycles. The van der Waals surface area contributed by atoms with Crippen molar-refractivity contribution in [2.45, 2.75) is 18.6 Å². The molecule has 4 aromatic rings. The molecule has 0 spiro atoms. The summed E-state index contributed by atoms with van der Waals surface area (Å²) in [5.74, 6) is -0.897. The predicted molar refractivity (Wildman–Crippen MR) is 133 cm³/mol. The van der Waals surface area contributed by atoms with E-state index in [-0.39, 0.29) is 18.7 Å². The highest BCUT2D eigenvalue weighted by Gasteiger charge is 2.51. The lowest BCUT2D eigenvalue weighted by Crippen LogP contribution is -2.41. The molecule has 170 valence electrons. The smallest absolute Gasteiger partial charge is 0.264 e. The first-order valence-electron chi connectivity index (χ1n) is 10.7. The highest BCUT2D eigenvalue weighted by atomic mass is 35.5. The fourth-order valence-electron chi connectivity index (χ4n) is 4.28. The van der Waals surface area contributed by atoms with E-state index in [1.807, 2.05) is 53.4 Å². The number of halogens is 2. The van der Waals surface area contributed by atoms with Gasteiger partial charge in [0.1, 0.15) is 0 Å². The number of carbonyl (C=O) groups is 2. The number of hydrogen-bond acceptors (Lipinski definition) is 3. The maximum absolute atomic E-state index is 13.5. The first kappa shape index (κ1) is 22.4. The monoisotopic (exact) mass is 490 g/mol. The Morgan fingerprint density at radius 1 is 0.882 bits per heavy atom. The molecule has 1 aromatic heterocycles. The predicted octanol–water partition coefficient (Wildman–Crippen LogP) is 5.79. The first-order valence-corrected chi connectivity index (χ1v) is 11.5. The van der Waals surface area contributed by atoms with E-state index in [9.17, 15) is 14.7 Å². The van der Waals surface area contributed by atoms with Crippen molar-refractivity contribution in [3.8, 4) is 5.69 Å². The molecule has 0 radical (unpaired) electrons. The number of aromatic nitrogens is 1. The molecule has 7 heteroatoms. The van der Waals surface area contributed by atoms with Gasteiger partial charge in [0.2, 0.25) is 0 Å². The van der Waals surface area contributed by atoms with Crippen molar-refractivity contribution < 1.29 is 14.7 Å². The average Bonchev–Trinajstić information content (AvgIpc) is 3.44. The van der Waals surface area contributed by atoms with Gasteiger partial charge in [0.05, 0.1) is 18.7 Å². The van der Waals surface area contributed by atoms with E-state index in [0.717, 1.165) is 11.3 Å². The first-order chi connectivity index (χ1) is 16.3. The number of fused-ring (bicyclic) bond motifs is 1. The molecule has 0 aliphatic carbocycles. The summed E-state index contributed by atoms with van der Waals surface area (Å²) in [6, 6.07) is 22.9. The van der Waals surface area contributed by atoms with Crippen molar-refractivity contribution in [2.75, 3.05) is 4.90 Å². The van der Waals surface area contributed by atoms with Crippen LogP contribution in [0.1, 0.15) is 27.9 Å². The Labute approximate surface area is 206 Å². The largest absolute Gasteiger partial charge is 0.375 e. The quantitative estimate of drug-likeness (QED) is 0.347. The molecule has 0 saturated heterocycles. The molecule has 1 N–H and O–H groups in total. The summed E-state index contributed by atoms with van der Waals surface area (Å²) in [6.45, 7) is 0.229. The van der Waals surface area contributed by atoms with Crippen LogP contribution in [0, 0.1) is 0 Å². The van der Waals surface area contributed by atoms with Crippen LogP contribution >= 0.6 is 23.2 Å². The van der Waals surface area contributed by atoms with E-state index in [0.29, 0.717) is 26.9 Å². The molecule has 5 rings (SSSR count). The zero-order valence-electron chi connectivity index (χ0n) is 18.0.